The summed E-state index contributed by atoms with van der Waals surface area (Å²) in [6.45, 7) is 2.18. The first-order chi connectivity index (χ1) is 25.2. The Balaban J connectivity index is 1.28. The second-order valence-electron chi connectivity index (χ2n) is 12.4. The van der Waals surface area contributed by atoms with Crippen molar-refractivity contribution in [2.45, 2.75) is 6.92 Å². The van der Waals surface area contributed by atoms with Crippen molar-refractivity contribution >= 4 is 34.1 Å². The van der Waals surface area contributed by atoms with Crippen molar-refractivity contribution in [2.24, 2.45) is 0 Å². The quantitative estimate of drug-likeness (QED) is 0.180. The number of fused-ring (bicyclic) bond motifs is 4. The Hall–Kier alpha value is -7.06. The third-order valence-electron chi connectivity index (χ3n) is 9.32. The molecule has 0 bridgehead atoms. The van der Waals surface area contributed by atoms with Crippen LogP contribution in [-0.4, -0.2) is 9.97 Å². The van der Waals surface area contributed by atoms with Gasteiger partial charge in [-0.05, 0) is 102 Å². The summed E-state index contributed by atoms with van der Waals surface area (Å²) in [7, 11) is 0. The van der Waals surface area contributed by atoms with Crippen LogP contribution < -0.4 is 19.3 Å². The maximum absolute atomic E-state index is 6.43. The predicted octanol–water partition coefficient (Wildman–Crippen LogP) is 12.1. The first-order valence-electron chi connectivity index (χ1n) is 16.6. The first kappa shape index (κ1) is 28.9. The van der Waals surface area contributed by atoms with Gasteiger partial charge in [-0.2, -0.15) is 0 Å². The maximum atomic E-state index is 6.43. The van der Waals surface area contributed by atoms with E-state index in [1.807, 2.05) is 78.9 Å². The van der Waals surface area contributed by atoms with Crippen molar-refractivity contribution in [3.63, 3.8) is 0 Å². The fourth-order valence-corrected chi connectivity index (χ4v) is 7.02. The van der Waals surface area contributed by atoms with E-state index >= 15 is 0 Å². The van der Waals surface area contributed by atoms with Crippen LogP contribution in [-0.2, 0) is 0 Å². The average Bonchev–Trinajstić information content (AvgIpc) is 3.93. The van der Waals surface area contributed by atoms with Gasteiger partial charge < -0.3 is 28.1 Å². The van der Waals surface area contributed by atoms with Gasteiger partial charge in [-0.25, -0.2) is 9.97 Å². The van der Waals surface area contributed by atoms with E-state index in [1.54, 1.807) is 24.9 Å². The van der Waals surface area contributed by atoms with Gasteiger partial charge in [-0.1, -0.05) is 48.5 Å². The van der Waals surface area contributed by atoms with Crippen LogP contribution >= 0.6 is 0 Å². The van der Waals surface area contributed by atoms with E-state index in [9.17, 15) is 0 Å². The van der Waals surface area contributed by atoms with Gasteiger partial charge in [-0.3, -0.25) is 0 Å². The third-order valence-corrected chi connectivity index (χ3v) is 9.32. The number of aromatic nitrogens is 2. The first-order valence-corrected chi connectivity index (χ1v) is 16.6. The zero-order valence-electron chi connectivity index (χ0n) is 27.4. The van der Waals surface area contributed by atoms with Crippen LogP contribution in [0.4, 0.5) is 34.1 Å². The molecule has 0 saturated heterocycles. The summed E-state index contributed by atoms with van der Waals surface area (Å²) in [5, 5.41) is 0. The number of hydrogen-bond donors (Lipinski definition) is 0. The van der Waals surface area contributed by atoms with Crippen molar-refractivity contribution in [1.29, 1.82) is 0 Å². The molecule has 0 spiro atoms. The zero-order valence-corrected chi connectivity index (χ0v) is 27.4. The lowest BCUT2D eigenvalue weighted by atomic mass is 9.95. The summed E-state index contributed by atoms with van der Waals surface area (Å²) >= 11 is 0. The second-order valence-corrected chi connectivity index (χ2v) is 12.4. The summed E-state index contributed by atoms with van der Waals surface area (Å²) < 4.78 is 24.4. The van der Waals surface area contributed by atoms with Crippen molar-refractivity contribution in [1.82, 2.24) is 9.97 Å². The average molecular weight is 665 g/mol. The monoisotopic (exact) mass is 664 g/mol. The highest BCUT2D eigenvalue weighted by atomic mass is 16.5. The van der Waals surface area contributed by atoms with Gasteiger partial charge in [0, 0.05) is 11.1 Å². The molecule has 8 aromatic rings. The smallest absolute Gasteiger partial charge is 0.225 e. The SMILES string of the molecule is Cc1c(N2c3ccccc3Oc3ccccc32)cc(-c2cc(-c3ncco3)cc(-c3ncco3)c2)cc1N1c2ccccc2Oc2ccccc21. The van der Waals surface area contributed by atoms with Crippen molar-refractivity contribution in [3.8, 4) is 57.0 Å². The largest absolute Gasteiger partial charge is 0.453 e. The minimum atomic E-state index is 0.504. The number of hydrogen-bond acceptors (Lipinski definition) is 8. The number of rotatable bonds is 5. The van der Waals surface area contributed by atoms with Crippen LogP contribution in [0.15, 0.2) is 161 Å². The van der Waals surface area contributed by atoms with E-state index in [0.717, 1.165) is 84.9 Å². The van der Waals surface area contributed by atoms with Gasteiger partial charge >= 0.3 is 0 Å². The summed E-state index contributed by atoms with van der Waals surface area (Å²) in [6.07, 6.45) is 6.45. The fraction of sp³-hybridized carbons (Fsp3) is 0.0233. The van der Waals surface area contributed by atoms with Crippen molar-refractivity contribution < 1.29 is 18.3 Å². The number of benzene rings is 6. The molecule has 51 heavy (non-hydrogen) atoms. The number of para-hydroxylation sites is 8. The fourth-order valence-electron chi connectivity index (χ4n) is 7.02. The van der Waals surface area contributed by atoms with E-state index in [1.165, 1.54) is 0 Å². The normalized spacial score (nSPS) is 12.6. The van der Waals surface area contributed by atoms with Crippen LogP contribution in [0.2, 0.25) is 0 Å². The molecule has 6 aromatic carbocycles. The maximum Gasteiger partial charge on any atom is 0.225 e. The minimum absolute atomic E-state index is 0.504. The molecular weight excluding hydrogens is 636 g/mol. The topological polar surface area (TPSA) is 77.0 Å². The van der Waals surface area contributed by atoms with E-state index < -0.39 is 0 Å². The van der Waals surface area contributed by atoms with Gasteiger partial charge in [0.2, 0.25) is 11.8 Å². The van der Waals surface area contributed by atoms with Crippen molar-refractivity contribution in [2.75, 3.05) is 9.80 Å². The minimum Gasteiger partial charge on any atom is -0.453 e. The molecule has 0 unspecified atom stereocenters. The molecule has 0 radical (unpaired) electrons. The van der Waals surface area contributed by atoms with Crippen LogP contribution in [0.5, 0.6) is 23.0 Å². The molecule has 0 aliphatic carbocycles. The zero-order chi connectivity index (χ0) is 33.9. The molecule has 0 fully saturated rings. The molecule has 0 atom stereocenters. The molecule has 8 heteroatoms. The molecule has 8 nitrogen and oxygen atoms in total. The Kier molecular flexibility index (Phi) is 6.53. The Morgan fingerprint density at radius 2 is 0.765 bits per heavy atom. The van der Waals surface area contributed by atoms with Crippen molar-refractivity contribution in [3.05, 3.63) is 158 Å². The van der Waals surface area contributed by atoms with E-state index in [4.69, 9.17) is 18.3 Å². The summed E-state index contributed by atoms with van der Waals surface area (Å²) in [4.78, 5) is 13.5. The van der Waals surface area contributed by atoms with E-state index in [-0.39, 0.29) is 0 Å². The van der Waals surface area contributed by atoms with E-state index in [2.05, 4.69) is 75.2 Å². The number of ether oxygens (including phenoxy) is 2. The molecule has 2 aliphatic rings. The van der Waals surface area contributed by atoms with Gasteiger partial charge in [-0.15, -0.1) is 0 Å². The lowest BCUT2D eigenvalue weighted by Crippen LogP contribution is -2.20. The molecule has 0 amide bonds. The number of anilines is 6. The van der Waals surface area contributed by atoms with Gasteiger partial charge in [0.25, 0.3) is 0 Å². The Morgan fingerprint density at radius 1 is 0.412 bits per heavy atom. The summed E-state index contributed by atoms with van der Waals surface area (Å²) in [5.74, 6) is 4.13. The summed E-state index contributed by atoms with van der Waals surface area (Å²) in [6, 6.07) is 43.3. The summed E-state index contributed by atoms with van der Waals surface area (Å²) in [5.41, 5.74) is 10.3. The highest BCUT2D eigenvalue weighted by molar-refractivity contribution is 5.96. The van der Waals surface area contributed by atoms with Crippen LogP contribution in [0.25, 0.3) is 34.0 Å². The standard InChI is InChI=1S/C43H28N4O4/c1-27-36(46-32-10-2-6-14-38(32)50-39-15-7-3-11-33(39)46)25-29(28-22-30(42-44-18-20-48-42)24-31(23-28)43-45-19-21-49-43)26-37(27)47-34-12-4-8-16-40(34)51-41-17-9-5-13-35(41)47/h2-26H,1H3. The predicted molar refractivity (Wildman–Crippen MR) is 197 cm³/mol. The number of nitrogens with zero attached hydrogens (tertiary/aromatic N) is 4. The molecular formula is C43H28N4O4. The highest BCUT2D eigenvalue weighted by Gasteiger charge is 2.32. The number of oxazole rings is 2. The Bertz CT molecular complexity index is 2320. The molecule has 244 valence electrons. The van der Waals surface area contributed by atoms with Gasteiger partial charge in [0.05, 0.1) is 46.5 Å². The van der Waals surface area contributed by atoms with E-state index in [0.29, 0.717) is 11.8 Å². The van der Waals surface area contributed by atoms with Crippen LogP contribution in [0, 0.1) is 6.92 Å². The van der Waals surface area contributed by atoms with Gasteiger partial charge in [0.1, 0.15) is 12.5 Å². The van der Waals surface area contributed by atoms with Gasteiger partial charge in [0.15, 0.2) is 23.0 Å². The molecule has 10 rings (SSSR count). The molecule has 0 saturated carbocycles. The third kappa shape index (κ3) is 4.76. The molecule has 2 aliphatic heterocycles. The lowest BCUT2D eigenvalue weighted by Gasteiger charge is -2.37. The highest BCUT2D eigenvalue weighted by Crippen LogP contribution is 2.56. The lowest BCUT2D eigenvalue weighted by molar-refractivity contribution is 0.477. The van der Waals surface area contributed by atoms with Crippen LogP contribution in [0.1, 0.15) is 5.56 Å². The second kappa shape index (κ2) is 11.5. The molecule has 0 N–H and O–H groups in total. The Labute approximate surface area is 293 Å². The Morgan fingerprint density at radius 3 is 1.14 bits per heavy atom. The molecule has 2 aromatic heterocycles. The van der Waals surface area contributed by atoms with Crippen LogP contribution in [0.3, 0.4) is 0 Å². The molecule has 4 heterocycles.